The van der Waals surface area contributed by atoms with Crippen molar-refractivity contribution in [2.45, 2.75) is 84.3 Å². The lowest BCUT2D eigenvalue weighted by molar-refractivity contribution is -0.149. The molecule has 0 aromatic carbocycles. The molecule has 5 heteroatoms. The van der Waals surface area contributed by atoms with Crippen molar-refractivity contribution in [3.05, 3.63) is 11.9 Å². The van der Waals surface area contributed by atoms with E-state index in [2.05, 4.69) is 20.8 Å². The number of methoxy groups -OCH3 is 1. The predicted octanol–water partition coefficient (Wildman–Crippen LogP) is 4.64. The van der Waals surface area contributed by atoms with Gasteiger partial charge >= 0.3 is 5.97 Å². The fraction of sp³-hybridized carbons (Fsp3) is 0.880. The molecular formula is C25H39FO4. The van der Waals surface area contributed by atoms with E-state index in [1.165, 1.54) is 7.11 Å². The lowest BCUT2D eigenvalue weighted by Crippen LogP contribution is -2.58. The van der Waals surface area contributed by atoms with Crippen LogP contribution in [0, 0.1) is 46.3 Å². The average molecular weight is 423 g/mol. The summed E-state index contributed by atoms with van der Waals surface area (Å²) in [6.45, 7) is 6.84. The van der Waals surface area contributed by atoms with Crippen LogP contribution in [0.4, 0.5) is 4.39 Å². The molecule has 0 amide bonds. The van der Waals surface area contributed by atoms with Gasteiger partial charge in [-0.2, -0.15) is 0 Å². The number of aliphatic hydroxyl groups excluding tert-OH is 2. The summed E-state index contributed by atoms with van der Waals surface area (Å²) in [5.74, 6) is 1.53. The zero-order valence-electron chi connectivity index (χ0n) is 18.9. The van der Waals surface area contributed by atoms with Gasteiger partial charge in [-0.3, -0.25) is 4.79 Å². The van der Waals surface area contributed by atoms with Crippen LogP contribution in [0.25, 0.3) is 0 Å². The first-order chi connectivity index (χ1) is 14.1. The van der Waals surface area contributed by atoms with Gasteiger partial charge in [-0.15, -0.1) is 0 Å². The van der Waals surface area contributed by atoms with Crippen molar-refractivity contribution >= 4 is 5.97 Å². The van der Waals surface area contributed by atoms with E-state index in [0.29, 0.717) is 37.0 Å². The summed E-state index contributed by atoms with van der Waals surface area (Å²) in [6.07, 6.45) is 7.08. The van der Waals surface area contributed by atoms with Crippen molar-refractivity contribution in [2.24, 2.45) is 46.3 Å². The summed E-state index contributed by atoms with van der Waals surface area (Å²) in [7, 11) is 1.45. The molecule has 30 heavy (non-hydrogen) atoms. The van der Waals surface area contributed by atoms with Crippen molar-refractivity contribution in [1.82, 2.24) is 0 Å². The van der Waals surface area contributed by atoms with Crippen LogP contribution >= 0.6 is 0 Å². The van der Waals surface area contributed by atoms with Crippen LogP contribution in [-0.2, 0) is 9.53 Å². The molecule has 4 aliphatic rings. The Hall–Kier alpha value is -0.940. The van der Waals surface area contributed by atoms with Crippen molar-refractivity contribution in [2.75, 3.05) is 7.11 Å². The fourth-order valence-corrected chi connectivity index (χ4v) is 8.44. The number of ether oxygens (including phenoxy) is 1. The van der Waals surface area contributed by atoms with E-state index in [4.69, 9.17) is 4.74 Å². The Morgan fingerprint density at radius 3 is 2.67 bits per heavy atom. The molecule has 3 fully saturated rings. The van der Waals surface area contributed by atoms with Gasteiger partial charge in [-0.1, -0.05) is 20.8 Å². The van der Waals surface area contributed by atoms with Crippen molar-refractivity contribution in [3.8, 4) is 0 Å². The number of halogens is 1. The maximum Gasteiger partial charge on any atom is 0.305 e. The summed E-state index contributed by atoms with van der Waals surface area (Å²) >= 11 is 0. The molecule has 0 radical (unpaired) electrons. The summed E-state index contributed by atoms with van der Waals surface area (Å²) in [5, 5.41) is 21.3. The second-order valence-electron chi connectivity index (χ2n) is 11.3. The molecule has 0 saturated heterocycles. The highest BCUT2D eigenvalue weighted by Gasteiger charge is 2.62. The predicted molar refractivity (Wildman–Crippen MR) is 113 cm³/mol. The third-order valence-electron chi connectivity index (χ3n) is 10.0. The summed E-state index contributed by atoms with van der Waals surface area (Å²) in [4.78, 5) is 11.6. The van der Waals surface area contributed by atoms with Gasteiger partial charge in [0.25, 0.3) is 0 Å². The monoisotopic (exact) mass is 422 g/mol. The Morgan fingerprint density at radius 1 is 1.23 bits per heavy atom. The smallest absolute Gasteiger partial charge is 0.305 e. The third-order valence-corrected chi connectivity index (χ3v) is 10.0. The van der Waals surface area contributed by atoms with Gasteiger partial charge < -0.3 is 14.9 Å². The zero-order valence-corrected chi connectivity index (χ0v) is 18.9. The largest absolute Gasteiger partial charge is 0.469 e. The lowest BCUT2D eigenvalue weighted by atomic mass is 9.44. The molecule has 4 aliphatic carbocycles. The third kappa shape index (κ3) is 3.35. The van der Waals surface area contributed by atoms with E-state index in [-0.39, 0.29) is 46.5 Å². The number of rotatable bonds is 4. The van der Waals surface area contributed by atoms with Crippen LogP contribution in [0.1, 0.15) is 72.1 Å². The Bertz CT molecular complexity index is 707. The first-order valence-corrected chi connectivity index (χ1v) is 11.9. The molecule has 0 bridgehead atoms. The van der Waals surface area contributed by atoms with Crippen LogP contribution in [-0.4, -0.2) is 35.5 Å². The van der Waals surface area contributed by atoms with Gasteiger partial charge in [-0.25, -0.2) is 4.39 Å². The SMILES string of the molecule is COC(=O)CC[C@@H](C)[C@H]1CCC2C3C(CC[C@@]21C)[C@@]1(C)C=C(F)[C@H](O)C[C@H]1C[C@@H]3O. The molecule has 0 aliphatic heterocycles. The van der Waals surface area contributed by atoms with E-state index in [1.54, 1.807) is 6.08 Å². The number of hydrogen-bond acceptors (Lipinski definition) is 4. The van der Waals surface area contributed by atoms with E-state index in [9.17, 15) is 19.4 Å². The Morgan fingerprint density at radius 2 is 1.97 bits per heavy atom. The van der Waals surface area contributed by atoms with E-state index in [1.807, 2.05) is 0 Å². The van der Waals surface area contributed by atoms with Crippen molar-refractivity contribution in [1.29, 1.82) is 0 Å². The number of carbonyl (C=O) groups is 1. The molecule has 10 atom stereocenters. The van der Waals surface area contributed by atoms with Gasteiger partial charge in [-0.05, 0) is 97.4 Å². The number of carbonyl (C=O) groups excluding carboxylic acids is 1. The molecule has 170 valence electrons. The molecule has 4 nitrogen and oxygen atoms in total. The molecule has 3 unspecified atom stereocenters. The summed E-state index contributed by atoms with van der Waals surface area (Å²) < 4.78 is 19.3. The van der Waals surface area contributed by atoms with Crippen LogP contribution < -0.4 is 0 Å². The molecule has 3 saturated carbocycles. The quantitative estimate of drug-likeness (QED) is 0.648. The van der Waals surface area contributed by atoms with E-state index in [0.717, 1.165) is 32.1 Å². The van der Waals surface area contributed by atoms with Crippen LogP contribution in [0.5, 0.6) is 0 Å². The number of esters is 1. The molecule has 4 rings (SSSR count). The first kappa shape index (κ1) is 22.3. The number of allylic oxidation sites excluding steroid dienone is 1. The standard InChI is InChI=1S/C25H39FO4/c1-14(5-8-22(29)30-4)16-6-7-17-23-18(9-10-24(16,17)2)25(3)13-19(26)20(27)11-15(25)12-21(23)28/h13-18,20-21,23,27-28H,5-12H2,1-4H3/t14-,15+,16-,17?,18?,20-,21+,23?,24-,25+/m1/s1. The molecule has 0 aromatic rings. The minimum absolute atomic E-state index is 0.139. The lowest BCUT2D eigenvalue weighted by Gasteiger charge is -2.61. The summed E-state index contributed by atoms with van der Waals surface area (Å²) in [6, 6.07) is 0. The number of fused-ring (bicyclic) bond motifs is 5. The highest BCUT2D eigenvalue weighted by atomic mass is 19.1. The maximum atomic E-state index is 14.5. The first-order valence-electron chi connectivity index (χ1n) is 11.9. The van der Waals surface area contributed by atoms with Gasteiger partial charge in [0.1, 0.15) is 11.9 Å². The van der Waals surface area contributed by atoms with E-state index >= 15 is 0 Å². The molecule has 0 aromatic heterocycles. The van der Waals surface area contributed by atoms with Gasteiger partial charge in [0.2, 0.25) is 0 Å². The maximum absolute atomic E-state index is 14.5. The highest BCUT2D eigenvalue weighted by molar-refractivity contribution is 5.69. The summed E-state index contributed by atoms with van der Waals surface area (Å²) in [5.41, 5.74) is -0.111. The molecule has 0 spiro atoms. The minimum atomic E-state index is -1.01. The van der Waals surface area contributed by atoms with Crippen LogP contribution in [0.15, 0.2) is 11.9 Å². The average Bonchev–Trinajstić information content (AvgIpc) is 3.05. The Labute approximate surface area is 180 Å². The van der Waals surface area contributed by atoms with Gasteiger partial charge in [0, 0.05) is 6.42 Å². The van der Waals surface area contributed by atoms with Gasteiger partial charge in [0.05, 0.1) is 13.2 Å². The minimum Gasteiger partial charge on any atom is -0.469 e. The van der Waals surface area contributed by atoms with Gasteiger partial charge in [0.15, 0.2) is 0 Å². The highest BCUT2D eigenvalue weighted by Crippen LogP contribution is 2.68. The molecule has 0 heterocycles. The second-order valence-corrected chi connectivity index (χ2v) is 11.3. The number of hydrogen-bond donors (Lipinski definition) is 2. The Balaban J connectivity index is 1.57. The zero-order chi connectivity index (χ0) is 21.8. The number of aliphatic hydroxyl groups is 2. The topological polar surface area (TPSA) is 66.8 Å². The van der Waals surface area contributed by atoms with Crippen molar-refractivity contribution < 1.29 is 24.1 Å². The normalized spacial score (nSPS) is 48.8. The van der Waals surface area contributed by atoms with Crippen LogP contribution in [0.3, 0.4) is 0 Å². The van der Waals surface area contributed by atoms with Crippen LogP contribution in [0.2, 0.25) is 0 Å². The Kier molecular flexibility index (Phi) is 5.85. The fourth-order valence-electron chi connectivity index (χ4n) is 8.44. The second kappa shape index (κ2) is 7.88. The van der Waals surface area contributed by atoms with Crippen molar-refractivity contribution in [3.63, 3.8) is 0 Å². The molecule has 2 N–H and O–H groups in total. The van der Waals surface area contributed by atoms with E-state index < -0.39 is 6.10 Å². The molecular weight excluding hydrogens is 383 g/mol.